The lowest BCUT2D eigenvalue weighted by Crippen LogP contribution is -2.54. The van der Waals surface area contributed by atoms with Gasteiger partial charge in [0.15, 0.2) is 0 Å². The van der Waals surface area contributed by atoms with E-state index in [0.29, 0.717) is 6.04 Å². The van der Waals surface area contributed by atoms with Crippen LogP contribution in [0.4, 0.5) is 0 Å². The van der Waals surface area contributed by atoms with Crippen molar-refractivity contribution in [3.63, 3.8) is 0 Å². The summed E-state index contributed by atoms with van der Waals surface area (Å²) in [4.78, 5) is 0. The molecule has 14 heavy (non-hydrogen) atoms. The first-order valence-electron chi connectivity index (χ1n) is 5.33. The van der Waals surface area contributed by atoms with Crippen LogP contribution in [-0.2, 0) is 4.74 Å². The number of nitrogens with one attached hydrogen (secondary N) is 2. The molecule has 0 aromatic heterocycles. The summed E-state index contributed by atoms with van der Waals surface area (Å²) in [6.45, 7) is 8.01. The summed E-state index contributed by atoms with van der Waals surface area (Å²) in [7, 11) is 0. The van der Waals surface area contributed by atoms with Crippen molar-refractivity contribution in [1.82, 2.24) is 10.6 Å². The Bertz CT molecular complexity index is 211. The molecule has 3 atom stereocenters. The van der Waals surface area contributed by atoms with E-state index in [9.17, 15) is 0 Å². The SMILES string of the molecule is CCC#C[C@@H](C)OC1CN[C@H](C)CN1. The van der Waals surface area contributed by atoms with Gasteiger partial charge in [-0.15, -0.1) is 5.92 Å². The molecular weight excluding hydrogens is 176 g/mol. The van der Waals surface area contributed by atoms with Gasteiger partial charge in [-0.1, -0.05) is 12.8 Å². The minimum atomic E-state index is 0.0163. The summed E-state index contributed by atoms with van der Waals surface area (Å²) in [5, 5.41) is 6.68. The highest BCUT2D eigenvalue weighted by atomic mass is 16.5. The lowest BCUT2D eigenvalue weighted by molar-refractivity contribution is -0.00640. The molecule has 0 aromatic rings. The Labute approximate surface area is 86.6 Å². The van der Waals surface area contributed by atoms with Gasteiger partial charge < -0.3 is 10.1 Å². The second-order valence-corrected chi connectivity index (χ2v) is 3.66. The van der Waals surface area contributed by atoms with Gasteiger partial charge in [0.1, 0.15) is 12.3 Å². The molecule has 0 aliphatic carbocycles. The minimum absolute atomic E-state index is 0.0163. The molecule has 1 rings (SSSR count). The van der Waals surface area contributed by atoms with Crippen LogP contribution in [0.3, 0.4) is 0 Å². The number of hydrogen-bond donors (Lipinski definition) is 2. The quantitative estimate of drug-likeness (QED) is 0.638. The Morgan fingerprint density at radius 1 is 1.43 bits per heavy atom. The molecule has 1 heterocycles. The molecule has 0 saturated carbocycles. The van der Waals surface area contributed by atoms with Crippen LogP contribution in [0.2, 0.25) is 0 Å². The second kappa shape index (κ2) is 6.02. The van der Waals surface area contributed by atoms with Gasteiger partial charge in [-0.25, -0.2) is 0 Å². The predicted molar refractivity (Wildman–Crippen MR) is 57.9 cm³/mol. The van der Waals surface area contributed by atoms with Crippen LogP contribution in [0.15, 0.2) is 0 Å². The fourth-order valence-electron chi connectivity index (χ4n) is 1.38. The number of piperazine rings is 1. The summed E-state index contributed by atoms with van der Waals surface area (Å²) in [5.74, 6) is 6.07. The van der Waals surface area contributed by atoms with Crippen molar-refractivity contribution in [3.05, 3.63) is 0 Å². The summed E-state index contributed by atoms with van der Waals surface area (Å²) >= 11 is 0. The standard InChI is InChI=1S/C11H20N2O/c1-4-5-6-10(3)14-11-8-12-9(2)7-13-11/h9-13H,4,7-8H2,1-3H3/t9-,10-,11?/m1/s1. The highest BCUT2D eigenvalue weighted by Gasteiger charge is 2.18. The van der Waals surface area contributed by atoms with Crippen molar-refractivity contribution < 1.29 is 4.74 Å². The van der Waals surface area contributed by atoms with Crippen molar-refractivity contribution in [2.45, 2.75) is 45.6 Å². The van der Waals surface area contributed by atoms with Crippen LogP contribution in [-0.4, -0.2) is 31.5 Å². The van der Waals surface area contributed by atoms with Crippen LogP contribution < -0.4 is 10.6 Å². The highest BCUT2D eigenvalue weighted by molar-refractivity contribution is 5.03. The predicted octanol–water partition coefficient (Wildman–Crippen LogP) is 0.712. The summed E-state index contributed by atoms with van der Waals surface area (Å²) < 4.78 is 5.69. The van der Waals surface area contributed by atoms with E-state index in [1.54, 1.807) is 0 Å². The molecule has 1 unspecified atom stereocenters. The maximum atomic E-state index is 5.69. The van der Waals surface area contributed by atoms with E-state index in [-0.39, 0.29) is 12.3 Å². The molecule has 0 spiro atoms. The van der Waals surface area contributed by atoms with Crippen molar-refractivity contribution in [1.29, 1.82) is 0 Å². The number of rotatable bonds is 2. The largest absolute Gasteiger partial charge is 0.346 e. The van der Waals surface area contributed by atoms with Crippen LogP contribution >= 0.6 is 0 Å². The fourth-order valence-corrected chi connectivity index (χ4v) is 1.38. The van der Waals surface area contributed by atoms with Crippen LogP contribution in [0, 0.1) is 11.8 Å². The van der Waals surface area contributed by atoms with Crippen LogP contribution in [0.5, 0.6) is 0 Å². The Kier molecular flexibility index (Phi) is 4.95. The van der Waals surface area contributed by atoms with Crippen molar-refractivity contribution in [2.75, 3.05) is 13.1 Å². The average Bonchev–Trinajstić information content (AvgIpc) is 2.18. The van der Waals surface area contributed by atoms with Crippen LogP contribution in [0.25, 0.3) is 0 Å². The molecule has 1 fully saturated rings. The maximum absolute atomic E-state index is 5.69. The highest BCUT2D eigenvalue weighted by Crippen LogP contribution is 1.99. The molecule has 1 aliphatic heterocycles. The molecule has 0 amide bonds. The van der Waals surface area contributed by atoms with Crippen molar-refractivity contribution >= 4 is 0 Å². The molecule has 1 aliphatic rings. The molecule has 3 nitrogen and oxygen atoms in total. The smallest absolute Gasteiger partial charge is 0.122 e. The molecule has 0 radical (unpaired) electrons. The van der Waals surface area contributed by atoms with E-state index >= 15 is 0 Å². The third-order valence-electron chi connectivity index (χ3n) is 2.15. The second-order valence-electron chi connectivity index (χ2n) is 3.66. The van der Waals surface area contributed by atoms with Gasteiger partial charge in [0.05, 0.1) is 0 Å². The van der Waals surface area contributed by atoms with Gasteiger partial charge in [-0.2, -0.15) is 0 Å². The molecule has 80 valence electrons. The minimum Gasteiger partial charge on any atom is -0.346 e. The normalized spacial score (nSPS) is 29.1. The van der Waals surface area contributed by atoms with Crippen molar-refractivity contribution in [2.24, 2.45) is 0 Å². The zero-order valence-corrected chi connectivity index (χ0v) is 9.26. The van der Waals surface area contributed by atoms with Gasteiger partial charge in [-0.3, -0.25) is 5.32 Å². The van der Waals surface area contributed by atoms with Crippen molar-refractivity contribution in [3.8, 4) is 11.8 Å². The van der Waals surface area contributed by atoms with Crippen LogP contribution in [0.1, 0.15) is 27.2 Å². The van der Waals surface area contributed by atoms with Gasteiger partial charge in [0.25, 0.3) is 0 Å². The van der Waals surface area contributed by atoms with Gasteiger partial charge in [-0.05, 0) is 13.8 Å². The third-order valence-corrected chi connectivity index (χ3v) is 2.15. The van der Waals surface area contributed by atoms with E-state index in [1.165, 1.54) is 0 Å². The van der Waals surface area contributed by atoms with Gasteiger partial charge in [0.2, 0.25) is 0 Å². The summed E-state index contributed by atoms with van der Waals surface area (Å²) in [6.07, 6.45) is 1.01. The maximum Gasteiger partial charge on any atom is 0.122 e. The Balaban J connectivity index is 2.23. The Hall–Kier alpha value is -0.560. The molecule has 2 N–H and O–H groups in total. The molecular formula is C11H20N2O. The zero-order chi connectivity index (χ0) is 10.4. The van der Waals surface area contributed by atoms with E-state index in [1.807, 2.05) is 13.8 Å². The molecule has 0 bridgehead atoms. The topological polar surface area (TPSA) is 33.3 Å². The first-order chi connectivity index (χ1) is 6.72. The lowest BCUT2D eigenvalue weighted by Gasteiger charge is -2.29. The summed E-state index contributed by atoms with van der Waals surface area (Å²) in [6, 6.07) is 0.534. The van der Waals surface area contributed by atoms with E-state index in [4.69, 9.17) is 4.74 Å². The molecule has 1 saturated heterocycles. The molecule has 3 heteroatoms. The lowest BCUT2D eigenvalue weighted by atomic mass is 10.2. The monoisotopic (exact) mass is 196 g/mol. The number of ether oxygens (including phenoxy) is 1. The Morgan fingerprint density at radius 2 is 2.21 bits per heavy atom. The van der Waals surface area contributed by atoms with Gasteiger partial charge in [0, 0.05) is 25.6 Å². The third kappa shape index (κ3) is 4.10. The Morgan fingerprint density at radius 3 is 2.79 bits per heavy atom. The van der Waals surface area contributed by atoms with E-state index < -0.39 is 0 Å². The summed E-state index contributed by atoms with van der Waals surface area (Å²) in [5.41, 5.74) is 0. The first kappa shape index (κ1) is 11.5. The molecule has 0 aromatic carbocycles. The zero-order valence-electron chi connectivity index (χ0n) is 9.26. The van der Waals surface area contributed by atoms with E-state index in [0.717, 1.165) is 19.5 Å². The first-order valence-corrected chi connectivity index (χ1v) is 5.33. The number of hydrogen-bond acceptors (Lipinski definition) is 3. The fraction of sp³-hybridized carbons (Fsp3) is 0.818. The van der Waals surface area contributed by atoms with E-state index in [2.05, 4.69) is 29.4 Å². The van der Waals surface area contributed by atoms with Gasteiger partial charge >= 0.3 is 0 Å². The average molecular weight is 196 g/mol.